The number of sulfonamides is 1. The van der Waals surface area contributed by atoms with E-state index < -0.39 is 21.9 Å². The minimum atomic E-state index is -4.61. The summed E-state index contributed by atoms with van der Waals surface area (Å²) >= 11 is 0. The van der Waals surface area contributed by atoms with E-state index in [0.29, 0.717) is 11.3 Å². The number of nitrogens with zero attached hydrogens (tertiary/aromatic N) is 2. The molecule has 0 unspecified atom stereocenters. The van der Waals surface area contributed by atoms with Crippen molar-refractivity contribution in [2.45, 2.75) is 19.5 Å². The maximum Gasteiger partial charge on any atom is 0.435 e. The number of nitrogens with two attached hydrogens (primary N) is 2. The van der Waals surface area contributed by atoms with E-state index in [1.807, 2.05) is 6.92 Å². The van der Waals surface area contributed by atoms with Gasteiger partial charge in [0.25, 0.3) is 0 Å². The highest BCUT2D eigenvalue weighted by molar-refractivity contribution is 7.93. The van der Waals surface area contributed by atoms with Gasteiger partial charge in [-0.1, -0.05) is 35.9 Å². The Bertz CT molecular complexity index is 1060. The van der Waals surface area contributed by atoms with Crippen molar-refractivity contribution < 1.29 is 21.6 Å². The third-order valence-corrected chi connectivity index (χ3v) is 5.04. The van der Waals surface area contributed by atoms with Crippen LogP contribution >= 0.6 is 0 Å². The molecule has 10 heteroatoms. The molecule has 3 rings (SSSR count). The fourth-order valence-electron chi connectivity index (χ4n) is 2.60. The first-order chi connectivity index (χ1) is 13.6. The molecule has 0 spiro atoms. The van der Waals surface area contributed by atoms with Crippen molar-refractivity contribution in [2.24, 2.45) is 10.9 Å². The topological polar surface area (TPSA) is 104 Å². The molecule has 2 aromatic rings. The minimum Gasteiger partial charge on any atom is -0.333 e. The number of aryl methyl sites for hydroxylation is 1. The summed E-state index contributed by atoms with van der Waals surface area (Å²) in [7, 11) is -2.38. The van der Waals surface area contributed by atoms with Gasteiger partial charge in [-0.3, -0.25) is 0 Å². The van der Waals surface area contributed by atoms with Crippen LogP contribution in [0.3, 0.4) is 0 Å². The largest absolute Gasteiger partial charge is 0.435 e. The van der Waals surface area contributed by atoms with Crippen LogP contribution in [0.2, 0.25) is 0 Å². The molecule has 1 aliphatic rings. The van der Waals surface area contributed by atoms with E-state index in [9.17, 15) is 21.6 Å². The molecule has 0 atom stereocenters. The number of primary sulfonamides is 1. The predicted molar refractivity (Wildman–Crippen MR) is 107 cm³/mol. The van der Waals surface area contributed by atoms with Crippen molar-refractivity contribution in [3.8, 4) is 11.3 Å². The molecule has 0 saturated carbocycles. The van der Waals surface area contributed by atoms with Gasteiger partial charge in [0, 0.05) is 12.0 Å². The predicted octanol–water partition coefficient (Wildman–Crippen LogP) is 3.43. The van der Waals surface area contributed by atoms with Crippen molar-refractivity contribution >= 4 is 15.7 Å². The molecule has 0 fully saturated rings. The highest BCUT2D eigenvalue weighted by Gasteiger charge is 2.35. The Morgan fingerprint density at radius 3 is 2.28 bits per heavy atom. The van der Waals surface area contributed by atoms with Crippen LogP contribution in [0.15, 0.2) is 59.5 Å². The fourth-order valence-corrected chi connectivity index (χ4v) is 3.18. The summed E-state index contributed by atoms with van der Waals surface area (Å²) < 4.78 is 63.8. The lowest BCUT2D eigenvalue weighted by molar-refractivity contribution is -0.141. The van der Waals surface area contributed by atoms with E-state index >= 15 is 0 Å². The van der Waals surface area contributed by atoms with Crippen molar-refractivity contribution in [3.05, 3.63) is 70.8 Å². The van der Waals surface area contributed by atoms with Crippen molar-refractivity contribution in [2.75, 3.05) is 7.05 Å². The van der Waals surface area contributed by atoms with Gasteiger partial charge < -0.3 is 5.73 Å². The standard InChI is InChI=1S/C18H16F3N3O2S.CH5N/c1-12-5-7-13(8-6-12)16-11-17(18(19,20)21)23-24(16)14-3-2-4-15(10-9-14)27(22,25)26;1-2/h2-3,5-11H,4H2,1H3,(H2,22,25,26);2H2,1H3. The lowest BCUT2D eigenvalue weighted by atomic mass is 10.1. The number of halogens is 3. The molecule has 1 heterocycles. The molecular formula is C19H21F3N4O2S. The lowest BCUT2D eigenvalue weighted by Crippen LogP contribution is -2.13. The molecule has 4 N–H and O–H groups in total. The first-order valence-corrected chi connectivity index (χ1v) is 10.0. The molecule has 0 amide bonds. The Balaban J connectivity index is 0.00000145. The summed E-state index contributed by atoms with van der Waals surface area (Å²) in [4.78, 5) is -0.0335. The quantitative estimate of drug-likeness (QED) is 0.785. The number of alkyl halides is 3. The number of aromatic nitrogens is 2. The van der Waals surface area contributed by atoms with Gasteiger partial charge in [-0.25, -0.2) is 18.2 Å². The number of hydrogen-bond acceptors (Lipinski definition) is 4. The Kier molecular flexibility index (Phi) is 6.83. The molecule has 156 valence electrons. The maximum atomic E-state index is 13.2. The van der Waals surface area contributed by atoms with Crippen molar-refractivity contribution in [1.82, 2.24) is 9.78 Å². The molecule has 29 heavy (non-hydrogen) atoms. The van der Waals surface area contributed by atoms with Crippen LogP contribution in [-0.4, -0.2) is 25.2 Å². The molecule has 0 radical (unpaired) electrons. The molecule has 0 bridgehead atoms. The molecule has 1 aromatic heterocycles. The summed E-state index contributed by atoms with van der Waals surface area (Å²) in [6, 6.07) is 7.95. The second kappa shape index (κ2) is 8.76. The summed E-state index contributed by atoms with van der Waals surface area (Å²) in [5, 5.41) is 8.82. The van der Waals surface area contributed by atoms with Crippen LogP contribution in [0.25, 0.3) is 17.0 Å². The minimum absolute atomic E-state index is 0.0335. The zero-order chi connectivity index (χ0) is 21.8. The number of allylic oxidation sites excluding steroid dienone is 6. The monoisotopic (exact) mass is 426 g/mol. The van der Waals surface area contributed by atoms with E-state index in [1.165, 1.54) is 31.4 Å². The zero-order valence-electron chi connectivity index (χ0n) is 15.8. The maximum absolute atomic E-state index is 13.2. The average molecular weight is 426 g/mol. The highest BCUT2D eigenvalue weighted by Crippen LogP contribution is 2.33. The van der Waals surface area contributed by atoms with Gasteiger partial charge in [-0.2, -0.15) is 18.3 Å². The summed E-state index contributed by atoms with van der Waals surface area (Å²) in [5.74, 6) is 0. The number of hydrogen-bond donors (Lipinski definition) is 2. The van der Waals surface area contributed by atoms with E-state index in [1.54, 1.807) is 24.3 Å². The second-order valence-electron chi connectivity index (χ2n) is 6.07. The third kappa shape index (κ3) is 5.43. The normalized spacial score (nSPS) is 14.4. The molecular weight excluding hydrogens is 405 g/mol. The SMILES string of the molecule is CN.Cc1ccc(-c2cc(C(F)(F)F)nn2C2=CC=C(S(N)(=O)=O)CC=C2)cc1. The van der Waals surface area contributed by atoms with Crippen LogP contribution in [0.5, 0.6) is 0 Å². The van der Waals surface area contributed by atoms with Gasteiger partial charge in [0.15, 0.2) is 5.69 Å². The molecule has 0 aliphatic heterocycles. The van der Waals surface area contributed by atoms with E-state index in [0.717, 1.165) is 16.3 Å². The van der Waals surface area contributed by atoms with Crippen LogP contribution in [0, 0.1) is 6.92 Å². The smallest absolute Gasteiger partial charge is 0.333 e. The average Bonchev–Trinajstić information content (AvgIpc) is 2.94. The van der Waals surface area contributed by atoms with Crippen molar-refractivity contribution in [1.29, 1.82) is 0 Å². The Morgan fingerprint density at radius 2 is 1.72 bits per heavy atom. The van der Waals surface area contributed by atoms with Crippen LogP contribution in [0.1, 0.15) is 17.7 Å². The van der Waals surface area contributed by atoms with Gasteiger partial charge in [0.2, 0.25) is 10.0 Å². The van der Waals surface area contributed by atoms with Gasteiger partial charge in [0.1, 0.15) is 0 Å². The molecule has 1 aromatic carbocycles. The third-order valence-electron chi connectivity index (χ3n) is 4.00. The van der Waals surface area contributed by atoms with E-state index in [4.69, 9.17) is 5.14 Å². The fraction of sp³-hybridized carbons (Fsp3) is 0.211. The van der Waals surface area contributed by atoms with Crippen LogP contribution in [0.4, 0.5) is 13.2 Å². The van der Waals surface area contributed by atoms with Crippen LogP contribution in [-0.2, 0) is 16.2 Å². The van der Waals surface area contributed by atoms with E-state index in [2.05, 4.69) is 10.8 Å². The van der Waals surface area contributed by atoms with E-state index in [-0.39, 0.29) is 17.0 Å². The van der Waals surface area contributed by atoms with Gasteiger partial charge in [0.05, 0.1) is 16.3 Å². The Morgan fingerprint density at radius 1 is 1.10 bits per heavy atom. The summed E-state index contributed by atoms with van der Waals surface area (Å²) in [6.07, 6.45) is 1.13. The molecule has 6 nitrogen and oxygen atoms in total. The first kappa shape index (κ1) is 22.6. The Hall–Kier alpha value is -2.69. The summed E-state index contributed by atoms with van der Waals surface area (Å²) in [5.41, 5.74) is 5.52. The molecule has 0 saturated heterocycles. The van der Waals surface area contributed by atoms with Crippen molar-refractivity contribution in [3.63, 3.8) is 0 Å². The summed E-state index contributed by atoms with van der Waals surface area (Å²) in [6.45, 7) is 1.87. The highest BCUT2D eigenvalue weighted by atomic mass is 32.2. The lowest BCUT2D eigenvalue weighted by Gasteiger charge is -2.08. The van der Waals surface area contributed by atoms with Crippen LogP contribution < -0.4 is 10.9 Å². The second-order valence-corrected chi connectivity index (χ2v) is 7.68. The number of benzene rings is 1. The zero-order valence-corrected chi connectivity index (χ0v) is 16.6. The van der Waals surface area contributed by atoms with Gasteiger partial charge in [-0.05, 0) is 38.3 Å². The number of rotatable bonds is 3. The first-order valence-electron chi connectivity index (χ1n) is 8.48. The molecule has 1 aliphatic carbocycles. The van der Waals surface area contributed by atoms with Gasteiger partial charge in [-0.15, -0.1) is 0 Å². The Labute approximate surface area is 167 Å². The van der Waals surface area contributed by atoms with Gasteiger partial charge >= 0.3 is 6.18 Å².